The Morgan fingerprint density at radius 3 is 2.52 bits per heavy atom. The molecule has 2 heterocycles. The van der Waals surface area contributed by atoms with Crippen molar-refractivity contribution in [2.45, 2.75) is 44.9 Å². The molecule has 146 valence electrons. The molecule has 0 aliphatic carbocycles. The quantitative estimate of drug-likeness (QED) is 0.820. The van der Waals surface area contributed by atoms with Crippen molar-refractivity contribution >= 4 is 21.6 Å². The van der Waals surface area contributed by atoms with Crippen LogP contribution in [0.25, 0.3) is 0 Å². The molecule has 1 aromatic carbocycles. The van der Waals surface area contributed by atoms with E-state index in [-0.39, 0.29) is 16.7 Å². The zero-order valence-electron chi connectivity index (χ0n) is 15.9. The average Bonchev–Trinajstić information content (AvgIpc) is 3.01. The molecule has 0 unspecified atom stereocenters. The Morgan fingerprint density at radius 2 is 1.93 bits per heavy atom. The van der Waals surface area contributed by atoms with Crippen LogP contribution in [0, 0.1) is 19.8 Å². The Bertz CT molecular complexity index is 909. The summed E-state index contributed by atoms with van der Waals surface area (Å²) in [5, 5.41) is 9.72. The van der Waals surface area contributed by atoms with Gasteiger partial charge < -0.3 is 5.32 Å². The van der Waals surface area contributed by atoms with Crippen LogP contribution in [0.2, 0.25) is 0 Å². The number of aromatic amines is 1. The smallest absolute Gasteiger partial charge is 0.246 e. The summed E-state index contributed by atoms with van der Waals surface area (Å²) < 4.78 is 27.3. The lowest BCUT2D eigenvalue weighted by Crippen LogP contribution is -2.41. The van der Waals surface area contributed by atoms with E-state index in [0.717, 1.165) is 17.7 Å². The molecule has 8 heteroatoms. The van der Waals surface area contributed by atoms with E-state index >= 15 is 0 Å². The molecular weight excluding hydrogens is 364 g/mol. The Kier molecular flexibility index (Phi) is 5.67. The first-order chi connectivity index (χ1) is 12.8. The van der Waals surface area contributed by atoms with Crippen molar-refractivity contribution in [3.63, 3.8) is 0 Å². The summed E-state index contributed by atoms with van der Waals surface area (Å²) in [6.07, 6.45) is 1.86. The molecule has 2 N–H and O–H groups in total. The number of piperidine rings is 1. The van der Waals surface area contributed by atoms with E-state index in [1.165, 1.54) is 4.31 Å². The monoisotopic (exact) mass is 390 g/mol. The van der Waals surface area contributed by atoms with Crippen LogP contribution in [-0.2, 0) is 21.2 Å². The summed E-state index contributed by atoms with van der Waals surface area (Å²) in [6.45, 7) is 6.11. The normalized spacial score (nSPS) is 16.4. The molecule has 0 saturated carbocycles. The standard InChI is InChI=1S/C19H26N4O3S/c1-4-15-7-5-6-8-17(15)20-19(24)16-9-11-23(12-10-16)27(25,26)18-13(2)21-22-14(18)3/h5-8,16H,4,9-12H2,1-3H3,(H,20,24)(H,21,22). The van der Waals surface area contributed by atoms with Crippen molar-refractivity contribution in [3.05, 3.63) is 41.2 Å². The van der Waals surface area contributed by atoms with Gasteiger partial charge in [-0.2, -0.15) is 9.40 Å². The van der Waals surface area contributed by atoms with Crippen LogP contribution in [0.3, 0.4) is 0 Å². The van der Waals surface area contributed by atoms with E-state index in [0.29, 0.717) is 37.3 Å². The van der Waals surface area contributed by atoms with E-state index in [4.69, 9.17) is 0 Å². The van der Waals surface area contributed by atoms with Crippen LogP contribution < -0.4 is 5.32 Å². The number of rotatable bonds is 5. The maximum absolute atomic E-state index is 12.9. The number of aromatic nitrogens is 2. The topological polar surface area (TPSA) is 95.2 Å². The molecule has 2 aromatic rings. The van der Waals surface area contributed by atoms with Crippen molar-refractivity contribution in [1.82, 2.24) is 14.5 Å². The van der Waals surface area contributed by atoms with E-state index in [1.54, 1.807) is 13.8 Å². The fourth-order valence-electron chi connectivity index (χ4n) is 3.59. The maximum atomic E-state index is 12.9. The van der Waals surface area contributed by atoms with E-state index < -0.39 is 10.0 Å². The molecule has 1 aromatic heterocycles. The third-order valence-corrected chi connectivity index (χ3v) is 7.30. The zero-order valence-corrected chi connectivity index (χ0v) is 16.8. The van der Waals surface area contributed by atoms with Crippen LogP contribution in [0.4, 0.5) is 5.69 Å². The number of hydrogen-bond acceptors (Lipinski definition) is 4. The number of carbonyl (C=O) groups is 1. The summed E-state index contributed by atoms with van der Waals surface area (Å²) in [5.74, 6) is -0.225. The van der Waals surface area contributed by atoms with Crippen molar-refractivity contribution in [1.29, 1.82) is 0 Å². The molecule has 1 amide bonds. The van der Waals surface area contributed by atoms with Gasteiger partial charge >= 0.3 is 0 Å². The highest BCUT2D eigenvalue weighted by atomic mass is 32.2. The number of aryl methyl sites for hydroxylation is 3. The van der Waals surface area contributed by atoms with E-state index in [9.17, 15) is 13.2 Å². The van der Waals surface area contributed by atoms with Gasteiger partial charge in [0.05, 0.1) is 11.4 Å². The molecule has 0 atom stereocenters. The minimum absolute atomic E-state index is 0.0383. The number of sulfonamides is 1. The Morgan fingerprint density at radius 1 is 1.26 bits per heavy atom. The summed E-state index contributed by atoms with van der Waals surface area (Å²) >= 11 is 0. The number of amides is 1. The summed E-state index contributed by atoms with van der Waals surface area (Å²) in [7, 11) is -3.59. The first kappa shape index (κ1) is 19.6. The van der Waals surface area contributed by atoms with Crippen LogP contribution in [0.15, 0.2) is 29.2 Å². The minimum atomic E-state index is -3.59. The maximum Gasteiger partial charge on any atom is 0.246 e. The van der Waals surface area contributed by atoms with E-state index in [2.05, 4.69) is 15.5 Å². The lowest BCUT2D eigenvalue weighted by Gasteiger charge is -2.30. The number of hydrogen-bond donors (Lipinski definition) is 2. The van der Waals surface area contributed by atoms with Gasteiger partial charge in [0.1, 0.15) is 4.90 Å². The molecule has 0 bridgehead atoms. The molecule has 1 fully saturated rings. The highest BCUT2D eigenvalue weighted by molar-refractivity contribution is 7.89. The highest BCUT2D eigenvalue weighted by Crippen LogP contribution is 2.27. The van der Waals surface area contributed by atoms with Gasteiger partial charge in [0.2, 0.25) is 15.9 Å². The second-order valence-corrected chi connectivity index (χ2v) is 8.82. The third kappa shape index (κ3) is 3.91. The summed E-state index contributed by atoms with van der Waals surface area (Å²) in [5.41, 5.74) is 2.95. The predicted octanol–water partition coefficient (Wildman–Crippen LogP) is 2.63. The van der Waals surface area contributed by atoms with Gasteiger partial charge in [-0.05, 0) is 44.7 Å². The molecule has 1 aliphatic rings. The second-order valence-electron chi connectivity index (χ2n) is 6.94. The molecule has 1 aliphatic heterocycles. The first-order valence-corrected chi connectivity index (χ1v) is 10.7. The van der Waals surface area contributed by atoms with Crippen molar-refractivity contribution in [2.75, 3.05) is 18.4 Å². The first-order valence-electron chi connectivity index (χ1n) is 9.25. The molecule has 0 spiro atoms. The van der Waals surface area contributed by atoms with Crippen LogP contribution in [-0.4, -0.2) is 41.9 Å². The average molecular weight is 391 g/mol. The van der Waals surface area contributed by atoms with Crippen LogP contribution in [0.5, 0.6) is 0 Å². The van der Waals surface area contributed by atoms with E-state index in [1.807, 2.05) is 31.2 Å². The SMILES string of the molecule is CCc1ccccc1NC(=O)C1CCN(S(=O)(=O)c2c(C)n[nH]c2C)CC1. The van der Waals surface area contributed by atoms with Gasteiger partial charge in [-0.25, -0.2) is 8.42 Å². The Balaban J connectivity index is 1.66. The summed E-state index contributed by atoms with van der Waals surface area (Å²) in [6, 6.07) is 7.76. The summed E-state index contributed by atoms with van der Waals surface area (Å²) in [4.78, 5) is 12.9. The number of carbonyl (C=O) groups excluding carboxylic acids is 1. The fourth-order valence-corrected chi connectivity index (χ4v) is 5.39. The second kappa shape index (κ2) is 7.82. The minimum Gasteiger partial charge on any atom is -0.326 e. The van der Waals surface area contributed by atoms with Gasteiger partial charge in [0.15, 0.2) is 0 Å². The molecular formula is C19H26N4O3S. The van der Waals surface area contributed by atoms with Gasteiger partial charge in [-0.1, -0.05) is 25.1 Å². The largest absolute Gasteiger partial charge is 0.326 e. The van der Waals surface area contributed by atoms with Crippen molar-refractivity contribution < 1.29 is 13.2 Å². The van der Waals surface area contributed by atoms with Gasteiger partial charge in [-0.3, -0.25) is 9.89 Å². The van der Waals surface area contributed by atoms with Gasteiger partial charge in [0.25, 0.3) is 0 Å². The Labute approximate surface area is 160 Å². The molecule has 7 nitrogen and oxygen atoms in total. The van der Waals surface area contributed by atoms with Gasteiger partial charge in [-0.15, -0.1) is 0 Å². The molecule has 27 heavy (non-hydrogen) atoms. The van der Waals surface area contributed by atoms with Crippen molar-refractivity contribution in [2.24, 2.45) is 5.92 Å². The number of benzene rings is 1. The van der Waals surface area contributed by atoms with Crippen LogP contribution >= 0.6 is 0 Å². The number of H-pyrrole nitrogens is 1. The van der Waals surface area contributed by atoms with Gasteiger partial charge in [0, 0.05) is 24.7 Å². The number of nitrogens with one attached hydrogen (secondary N) is 2. The lowest BCUT2D eigenvalue weighted by atomic mass is 9.97. The van der Waals surface area contributed by atoms with Crippen molar-refractivity contribution in [3.8, 4) is 0 Å². The molecule has 1 saturated heterocycles. The fraction of sp³-hybridized carbons (Fsp3) is 0.474. The molecule has 0 radical (unpaired) electrons. The third-order valence-electron chi connectivity index (χ3n) is 5.14. The number of para-hydroxylation sites is 1. The number of nitrogens with zero attached hydrogens (tertiary/aromatic N) is 2. The van der Waals surface area contributed by atoms with Crippen LogP contribution in [0.1, 0.15) is 36.7 Å². The zero-order chi connectivity index (χ0) is 19.6. The molecule has 3 rings (SSSR count). The lowest BCUT2D eigenvalue weighted by molar-refractivity contribution is -0.120. The number of anilines is 1. The highest BCUT2D eigenvalue weighted by Gasteiger charge is 2.34. The predicted molar refractivity (Wildman–Crippen MR) is 104 cm³/mol. The Hall–Kier alpha value is -2.19.